The lowest BCUT2D eigenvalue weighted by molar-refractivity contribution is -0.386. The third-order valence-electron chi connectivity index (χ3n) is 2.86. The lowest BCUT2D eigenvalue weighted by Crippen LogP contribution is -2.10. The quantitative estimate of drug-likeness (QED) is 0.324. The lowest BCUT2D eigenvalue weighted by Gasteiger charge is -2.06. The van der Waals surface area contributed by atoms with Crippen LogP contribution in [0.25, 0.3) is 11.0 Å². The van der Waals surface area contributed by atoms with Crippen molar-refractivity contribution in [1.82, 2.24) is 15.2 Å². The minimum Gasteiger partial charge on any atom is -0.418 e. The largest absolute Gasteiger partial charge is 0.418 e. The van der Waals surface area contributed by atoms with Crippen LogP contribution >= 0.6 is 11.8 Å². The molecule has 0 atom stereocenters. The Balaban J connectivity index is 2.22. The van der Waals surface area contributed by atoms with E-state index in [2.05, 4.69) is 20.5 Å². The Labute approximate surface area is 126 Å². The van der Waals surface area contributed by atoms with Gasteiger partial charge >= 0.3 is 11.3 Å². The maximum atomic E-state index is 11.8. The number of hydrogen-bond acceptors (Lipinski definition) is 8. The summed E-state index contributed by atoms with van der Waals surface area (Å²) in [5.74, 6) is 0.197. The van der Waals surface area contributed by atoms with Gasteiger partial charge in [-0.25, -0.2) is 9.89 Å². The first-order valence-electron chi connectivity index (χ1n) is 6.04. The molecule has 1 aromatic carbocycles. The Morgan fingerprint density at radius 1 is 1.41 bits per heavy atom. The van der Waals surface area contributed by atoms with Crippen LogP contribution in [0.3, 0.4) is 0 Å². The highest BCUT2D eigenvalue weighted by molar-refractivity contribution is 7.98. The van der Waals surface area contributed by atoms with Crippen molar-refractivity contribution in [3.8, 4) is 0 Å². The molecule has 0 spiro atoms. The first-order valence-corrected chi connectivity index (χ1v) is 7.26. The SMILES string of the molecule is CSc1n[nH]c(Nc2c([N+](=O)[O-])c(=O)oc3ccccc23)n1. The number of nitro groups is 1. The minimum atomic E-state index is -1.03. The lowest BCUT2D eigenvalue weighted by atomic mass is 10.2. The van der Waals surface area contributed by atoms with E-state index in [9.17, 15) is 14.9 Å². The molecule has 0 saturated carbocycles. The van der Waals surface area contributed by atoms with Gasteiger partial charge in [-0.3, -0.25) is 10.1 Å². The number of anilines is 2. The fourth-order valence-electron chi connectivity index (χ4n) is 1.94. The second-order valence-electron chi connectivity index (χ2n) is 4.16. The summed E-state index contributed by atoms with van der Waals surface area (Å²) >= 11 is 1.31. The molecule has 0 aliphatic heterocycles. The van der Waals surface area contributed by atoms with Crippen molar-refractivity contribution < 1.29 is 9.34 Å². The van der Waals surface area contributed by atoms with E-state index in [1.54, 1.807) is 30.5 Å². The number of nitrogens with zero attached hydrogens (tertiary/aromatic N) is 3. The number of benzene rings is 1. The maximum Gasteiger partial charge on any atom is 0.417 e. The van der Waals surface area contributed by atoms with Crippen LogP contribution in [0.1, 0.15) is 0 Å². The van der Waals surface area contributed by atoms with Crippen molar-refractivity contribution in [2.75, 3.05) is 11.6 Å². The fourth-order valence-corrected chi connectivity index (χ4v) is 2.26. The standard InChI is InChI=1S/C12H9N5O4S/c1-22-12-14-11(15-16-12)13-8-6-4-2-3-5-7(6)21-10(18)9(8)17(19)20/h2-5H,1H3,(H2,13,14,15,16). The molecule has 0 amide bonds. The summed E-state index contributed by atoms with van der Waals surface area (Å²) in [5, 5.41) is 21.3. The van der Waals surface area contributed by atoms with Crippen LogP contribution in [0.15, 0.2) is 38.6 Å². The van der Waals surface area contributed by atoms with E-state index in [-0.39, 0.29) is 17.2 Å². The van der Waals surface area contributed by atoms with Gasteiger partial charge in [0.25, 0.3) is 0 Å². The molecule has 9 nitrogen and oxygen atoms in total. The number of hydrogen-bond donors (Lipinski definition) is 2. The van der Waals surface area contributed by atoms with Crippen LogP contribution in [-0.4, -0.2) is 26.4 Å². The number of rotatable bonds is 4. The van der Waals surface area contributed by atoms with Gasteiger partial charge in [-0.2, -0.15) is 4.98 Å². The van der Waals surface area contributed by atoms with Crippen molar-refractivity contribution in [1.29, 1.82) is 0 Å². The molecule has 0 unspecified atom stereocenters. The molecule has 3 aromatic rings. The van der Waals surface area contributed by atoms with E-state index in [1.165, 1.54) is 11.8 Å². The summed E-state index contributed by atoms with van der Waals surface area (Å²) in [4.78, 5) is 26.3. The van der Waals surface area contributed by atoms with Crippen molar-refractivity contribution in [2.24, 2.45) is 0 Å². The molecule has 22 heavy (non-hydrogen) atoms. The van der Waals surface area contributed by atoms with Gasteiger partial charge in [0.05, 0.1) is 4.92 Å². The van der Waals surface area contributed by atoms with Gasteiger partial charge in [-0.05, 0) is 18.4 Å². The molecular formula is C12H9N5O4S. The number of aromatic nitrogens is 3. The van der Waals surface area contributed by atoms with Gasteiger partial charge in [-0.15, -0.1) is 5.10 Å². The van der Waals surface area contributed by atoms with Gasteiger partial charge in [-0.1, -0.05) is 23.9 Å². The highest BCUT2D eigenvalue weighted by atomic mass is 32.2. The maximum absolute atomic E-state index is 11.8. The normalized spacial score (nSPS) is 10.8. The molecule has 0 radical (unpaired) electrons. The summed E-state index contributed by atoms with van der Waals surface area (Å²) in [6.45, 7) is 0. The predicted molar refractivity (Wildman–Crippen MR) is 80.6 cm³/mol. The summed E-state index contributed by atoms with van der Waals surface area (Å²) < 4.78 is 4.97. The van der Waals surface area contributed by atoms with E-state index < -0.39 is 16.2 Å². The molecule has 10 heteroatoms. The number of nitrogens with one attached hydrogen (secondary N) is 2. The Bertz CT molecular complexity index is 919. The molecular weight excluding hydrogens is 310 g/mol. The van der Waals surface area contributed by atoms with Crippen LogP contribution in [0.4, 0.5) is 17.3 Å². The average molecular weight is 319 g/mol. The smallest absolute Gasteiger partial charge is 0.417 e. The highest BCUT2D eigenvalue weighted by Crippen LogP contribution is 2.31. The zero-order chi connectivity index (χ0) is 15.7. The number of thioether (sulfide) groups is 1. The molecule has 0 aliphatic rings. The summed E-state index contributed by atoms with van der Waals surface area (Å²) in [6, 6.07) is 6.52. The van der Waals surface area contributed by atoms with E-state index in [0.29, 0.717) is 10.5 Å². The minimum absolute atomic E-state index is 0.0145. The van der Waals surface area contributed by atoms with Crippen LogP contribution in [0, 0.1) is 10.1 Å². The van der Waals surface area contributed by atoms with Gasteiger partial charge in [0.2, 0.25) is 11.1 Å². The molecule has 0 aliphatic carbocycles. The zero-order valence-electron chi connectivity index (χ0n) is 11.2. The molecule has 112 valence electrons. The van der Waals surface area contributed by atoms with Gasteiger partial charge in [0.15, 0.2) is 0 Å². The van der Waals surface area contributed by atoms with Gasteiger partial charge < -0.3 is 9.73 Å². The topological polar surface area (TPSA) is 127 Å². The molecule has 0 fully saturated rings. The predicted octanol–water partition coefficient (Wildman–Crippen LogP) is 2.28. The monoisotopic (exact) mass is 319 g/mol. The van der Waals surface area contributed by atoms with Crippen molar-refractivity contribution in [3.05, 3.63) is 44.8 Å². The van der Waals surface area contributed by atoms with Crippen molar-refractivity contribution >= 4 is 40.1 Å². The second kappa shape index (κ2) is 5.48. The van der Waals surface area contributed by atoms with Gasteiger partial charge in [0, 0.05) is 5.39 Å². The van der Waals surface area contributed by atoms with Crippen molar-refractivity contribution in [2.45, 2.75) is 5.16 Å². The first kappa shape index (κ1) is 14.1. The number of aromatic amines is 1. The number of para-hydroxylation sites is 1. The first-order chi connectivity index (χ1) is 10.6. The Kier molecular flexibility index (Phi) is 3.51. The van der Waals surface area contributed by atoms with Crippen LogP contribution < -0.4 is 10.9 Å². The molecule has 3 rings (SSSR count). The second-order valence-corrected chi connectivity index (χ2v) is 4.94. The molecule has 2 heterocycles. The Hall–Kier alpha value is -2.88. The number of fused-ring (bicyclic) bond motifs is 1. The summed E-state index contributed by atoms with van der Waals surface area (Å²) in [7, 11) is 0. The Morgan fingerprint density at radius 2 is 2.18 bits per heavy atom. The fraction of sp³-hybridized carbons (Fsp3) is 0.0833. The van der Waals surface area contributed by atoms with Gasteiger partial charge in [0.1, 0.15) is 11.3 Å². The van der Waals surface area contributed by atoms with E-state index in [4.69, 9.17) is 4.42 Å². The van der Waals surface area contributed by atoms with E-state index in [0.717, 1.165) is 0 Å². The summed E-state index contributed by atoms with van der Waals surface area (Å²) in [6.07, 6.45) is 1.79. The van der Waals surface area contributed by atoms with Crippen LogP contribution in [-0.2, 0) is 0 Å². The molecule has 2 aromatic heterocycles. The third kappa shape index (κ3) is 2.39. The van der Waals surface area contributed by atoms with Crippen molar-refractivity contribution in [3.63, 3.8) is 0 Å². The molecule has 0 bridgehead atoms. The third-order valence-corrected chi connectivity index (χ3v) is 3.41. The van der Waals surface area contributed by atoms with E-state index >= 15 is 0 Å². The summed E-state index contributed by atoms with van der Waals surface area (Å²) in [5.41, 5.74) is -1.46. The zero-order valence-corrected chi connectivity index (χ0v) is 12.0. The Morgan fingerprint density at radius 3 is 2.86 bits per heavy atom. The average Bonchev–Trinajstić information content (AvgIpc) is 2.94. The number of H-pyrrole nitrogens is 1. The van der Waals surface area contributed by atoms with E-state index in [1.807, 2.05) is 0 Å². The van der Waals surface area contributed by atoms with Crippen LogP contribution in [0.2, 0.25) is 0 Å². The highest BCUT2D eigenvalue weighted by Gasteiger charge is 2.25. The van der Waals surface area contributed by atoms with Crippen LogP contribution in [0.5, 0.6) is 0 Å². The molecule has 0 saturated heterocycles. The molecule has 2 N–H and O–H groups in total.